The number of carboxylic acids is 1. The molecule has 1 heterocycles. The van der Waals surface area contributed by atoms with Gasteiger partial charge in [0.25, 0.3) is 0 Å². The van der Waals surface area contributed by atoms with Gasteiger partial charge in [-0.15, -0.1) is 0 Å². The molecule has 0 aromatic carbocycles. The molecule has 2 rings (SSSR count). The zero-order chi connectivity index (χ0) is 20.0. The zero-order valence-electron chi connectivity index (χ0n) is 15.0. The molecule has 1 saturated carbocycles. The minimum atomic E-state index is -1.48. The number of hydrogen-bond donors (Lipinski definition) is 5. The summed E-state index contributed by atoms with van der Waals surface area (Å²) in [5.74, 6) is -1.17. The van der Waals surface area contributed by atoms with E-state index in [1.165, 1.54) is 0 Å². The molecule has 27 heavy (non-hydrogen) atoms. The molecule has 0 aromatic heterocycles. The molecule has 9 heteroatoms. The maximum absolute atomic E-state index is 11.9. The van der Waals surface area contributed by atoms with Crippen molar-refractivity contribution in [3.05, 3.63) is 12.2 Å². The minimum absolute atomic E-state index is 0.00443. The first-order valence-corrected chi connectivity index (χ1v) is 9.16. The van der Waals surface area contributed by atoms with Crippen LogP contribution in [0, 0.1) is 11.8 Å². The molecule has 154 valence electrons. The molecule has 0 amide bonds. The van der Waals surface area contributed by atoms with E-state index in [-0.39, 0.29) is 30.6 Å². The van der Waals surface area contributed by atoms with Gasteiger partial charge in [0.05, 0.1) is 13.2 Å². The predicted octanol–water partition coefficient (Wildman–Crippen LogP) is -0.791. The fraction of sp³-hybridized carbons (Fsp3) is 0.778. The van der Waals surface area contributed by atoms with E-state index in [1.54, 1.807) is 6.08 Å². The molecule has 2 fully saturated rings. The molecule has 0 bridgehead atoms. The molecule has 7 atom stereocenters. The molecule has 0 spiro atoms. The number of allylic oxidation sites excluding steroid dienone is 1. The Labute approximate surface area is 157 Å². The Kier molecular flexibility index (Phi) is 8.33. The third-order valence-electron chi connectivity index (χ3n) is 5.15. The molecule has 5 unspecified atom stereocenters. The van der Waals surface area contributed by atoms with Crippen LogP contribution in [0.2, 0.25) is 0 Å². The molecule has 1 saturated heterocycles. The second kappa shape index (κ2) is 10.3. The highest BCUT2D eigenvalue weighted by atomic mass is 16.7. The number of aliphatic carboxylic acids is 1. The number of ketones is 1. The van der Waals surface area contributed by atoms with Crippen molar-refractivity contribution in [1.29, 1.82) is 0 Å². The van der Waals surface area contributed by atoms with Gasteiger partial charge in [0.2, 0.25) is 0 Å². The fourth-order valence-corrected chi connectivity index (χ4v) is 3.59. The van der Waals surface area contributed by atoms with Crippen LogP contribution in [0.4, 0.5) is 0 Å². The number of carboxylic acid groups (broad SMARTS) is 1. The average Bonchev–Trinajstić information content (AvgIpc) is 2.96. The Balaban J connectivity index is 1.73. The number of ether oxygens (including phenoxy) is 2. The molecular formula is C18H28O9. The van der Waals surface area contributed by atoms with Crippen LogP contribution in [0.1, 0.15) is 32.1 Å². The number of rotatable bonds is 9. The van der Waals surface area contributed by atoms with Crippen LogP contribution >= 0.6 is 0 Å². The maximum atomic E-state index is 11.9. The number of aliphatic hydroxyl groups excluding tert-OH is 4. The van der Waals surface area contributed by atoms with Gasteiger partial charge in [-0.05, 0) is 25.2 Å². The molecule has 2 aliphatic rings. The summed E-state index contributed by atoms with van der Waals surface area (Å²) in [5, 5.41) is 47.3. The van der Waals surface area contributed by atoms with Crippen LogP contribution in [-0.2, 0) is 19.1 Å². The largest absolute Gasteiger partial charge is 0.481 e. The lowest BCUT2D eigenvalue weighted by Gasteiger charge is -2.39. The van der Waals surface area contributed by atoms with Crippen molar-refractivity contribution in [2.45, 2.75) is 62.8 Å². The third kappa shape index (κ3) is 5.81. The van der Waals surface area contributed by atoms with Crippen LogP contribution in [-0.4, -0.2) is 81.2 Å². The second-order valence-corrected chi connectivity index (χ2v) is 7.03. The average molecular weight is 388 g/mol. The van der Waals surface area contributed by atoms with Gasteiger partial charge in [-0.1, -0.05) is 12.2 Å². The summed E-state index contributed by atoms with van der Waals surface area (Å²) < 4.78 is 10.6. The Morgan fingerprint density at radius 2 is 1.93 bits per heavy atom. The summed E-state index contributed by atoms with van der Waals surface area (Å²) in [6, 6.07) is 0. The van der Waals surface area contributed by atoms with E-state index in [0.717, 1.165) is 0 Å². The molecule has 1 aliphatic heterocycles. The molecular weight excluding hydrogens is 360 g/mol. The molecule has 5 N–H and O–H groups in total. The first-order chi connectivity index (χ1) is 12.8. The van der Waals surface area contributed by atoms with Crippen LogP contribution in [0.5, 0.6) is 0 Å². The van der Waals surface area contributed by atoms with Crippen LogP contribution in [0.25, 0.3) is 0 Å². The van der Waals surface area contributed by atoms with Crippen molar-refractivity contribution >= 4 is 11.8 Å². The fourth-order valence-electron chi connectivity index (χ4n) is 3.59. The number of carbonyl (C=O) groups is 2. The number of hydrogen-bond acceptors (Lipinski definition) is 8. The van der Waals surface area contributed by atoms with Crippen LogP contribution in [0.15, 0.2) is 12.2 Å². The van der Waals surface area contributed by atoms with Gasteiger partial charge < -0.3 is 35.0 Å². The summed E-state index contributed by atoms with van der Waals surface area (Å²) in [6.07, 6.45) is -0.898. The normalized spacial score (nSPS) is 37.2. The summed E-state index contributed by atoms with van der Waals surface area (Å²) in [4.78, 5) is 22.7. The molecule has 0 aromatic rings. The Bertz CT molecular complexity index is 533. The SMILES string of the molecule is O=C(O)C[C@H]1CCC(=O)[C@@H]1C/C=C\CCOC1OC(CO)C(O)C(O)C1O. The molecule has 1 aliphatic carbocycles. The highest BCUT2D eigenvalue weighted by Crippen LogP contribution is 2.34. The van der Waals surface area contributed by atoms with E-state index in [4.69, 9.17) is 19.7 Å². The predicted molar refractivity (Wildman–Crippen MR) is 91.6 cm³/mol. The quantitative estimate of drug-likeness (QED) is 0.252. The van der Waals surface area contributed by atoms with E-state index in [2.05, 4.69) is 0 Å². The summed E-state index contributed by atoms with van der Waals surface area (Å²) >= 11 is 0. The maximum Gasteiger partial charge on any atom is 0.303 e. The monoisotopic (exact) mass is 388 g/mol. The smallest absolute Gasteiger partial charge is 0.303 e. The lowest BCUT2D eigenvalue weighted by atomic mass is 9.89. The lowest BCUT2D eigenvalue weighted by molar-refractivity contribution is -0.300. The van der Waals surface area contributed by atoms with Crippen molar-refractivity contribution in [1.82, 2.24) is 0 Å². The first-order valence-electron chi connectivity index (χ1n) is 9.16. The summed E-state index contributed by atoms with van der Waals surface area (Å²) in [5.41, 5.74) is 0. The third-order valence-corrected chi connectivity index (χ3v) is 5.15. The van der Waals surface area contributed by atoms with E-state index in [9.17, 15) is 24.9 Å². The van der Waals surface area contributed by atoms with Gasteiger partial charge >= 0.3 is 5.97 Å². The van der Waals surface area contributed by atoms with Crippen molar-refractivity contribution in [2.24, 2.45) is 11.8 Å². The number of aliphatic hydroxyl groups is 4. The van der Waals surface area contributed by atoms with Crippen molar-refractivity contribution in [2.75, 3.05) is 13.2 Å². The second-order valence-electron chi connectivity index (χ2n) is 7.03. The van der Waals surface area contributed by atoms with Crippen molar-refractivity contribution < 1.29 is 44.6 Å². The first kappa shape index (κ1) is 21.9. The Morgan fingerprint density at radius 3 is 2.59 bits per heavy atom. The van der Waals surface area contributed by atoms with Crippen molar-refractivity contribution in [3.63, 3.8) is 0 Å². The Morgan fingerprint density at radius 1 is 1.19 bits per heavy atom. The number of Topliss-reactive ketones (excluding diaryl/α,β-unsaturated/α-hetero) is 1. The van der Waals surface area contributed by atoms with Crippen LogP contribution < -0.4 is 0 Å². The van der Waals surface area contributed by atoms with E-state index in [0.29, 0.717) is 25.7 Å². The van der Waals surface area contributed by atoms with Gasteiger partial charge in [0.15, 0.2) is 6.29 Å². The summed E-state index contributed by atoms with van der Waals surface area (Å²) in [6.45, 7) is -0.353. The van der Waals surface area contributed by atoms with Gasteiger partial charge in [0, 0.05) is 18.8 Å². The van der Waals surface area contributed by atoms with Gasteiger partial charge in [-0.2, -0.15) is 0 Å². The van der Waals surface area contributed by atoms with Crippen molar-refractivity contribution in [3.8, 4) is 0 Å². The van der Waals surface area contributed by atoms with Gasteiger partial charge in [0.1, 0.15) is 30.2 Å². The lowest BCUT2D eigenvalue weighted by Crippen LogP contribution is -2.59. The number of carbonyl (C=O) groups excluding carboxylic acids is 1. The van der Waals surface area contributed by atoms with E-state index >= 15 is 0 Å². The molecule has 0 radical (unpaired) electrons. The van der Waals surface area contributed by atoms with Gasteiger partial charge in [-0.25, -0.2) is 0 Å². The zero-order valence-corrected chi connectivity index (χ0v) is 15.0. The van der Waals surface area contributed by atoms with E-state index in [1.807, 2.05) is 6.08 Å². The molecule has 9 nitrogen and oxygen atoms in total. The van der Waals surface area contributed by atoms with Gasteiger partial charge in [-0.3, -0.25) is 9.59 Å². The summed E-state index contributed by atoms with van der Waals surface area (Å²) in [7, 11) is 0. The standard InChI is InChI=1S/C18H28O9/c19-9-13-15(23)16(24)17(25)18(27-13)26-7-3-1-2-4-11-10(8-14(21)22)5-6-12(11)20/h1-2,10-11,13,15-19,23-25H,3-9H2,(H,21,22)/b2-1-/t10-,11-,13?,15?,16?,17?,18?/m1/s1. The minimum Gasteiger partial charge on any atom is -0.481 e. The highest BCUT2D eigenvalue weighted by molar-refractivity contribution is 5.84. The van der Waals surface area contributed by atoms with E-state index < -0.39 is 43.3 Å². The topological polar surface area (TPSA) is 154 Å². The van der Waals surface area contributed by atoms with Crippen LogP contribution in [0.3, 0.4) is 0 Å². The highest BCUT2D eigenvalue weighted by Gasteiger charge is 2.43. The Hall–Kier alpha value is -1.36.